The van der Waals surface area contributed by atoms with Crippen LogP contribution >= 0.6 is 0 Å². The number of nitrogens with one attached hydrogen (secondary N) is 1. The lowest BCUT2D eigenvalue weighted by atomic mass is 10.3. The van der Waals surface area contributed by atoms with Gasteiger partial charge in [0.1, 0.15) is 0 Å². The topological polar surface area (TPSA) is 63.4 Å². The molecule has 0 amide bonds. The van der Waals surface area contributed by atoms with E-state index in [1.54, 1.807) is 7.11 Å². The zero-order valence-electron chi connectivity index (χ0n) is 11.2. The number of hydrogen-bond donors (Lipinski definition) is 1. The van der Waals surface area contributed by atoms with Gasteiger partial charge in [-0.3, -0.25) is 0 Å². The average molecular weight is 242 g/mol. The lowest BCUT2D eigenvalue weighted by Gasteiger charge is -2.21. The van der Waals surface area contributed by atoms with Crippen LogP contribution in [-0.4, -0.2) is 43.0 Å². The van der Waals surface area contributed by atoms with E-state index in [2.05, 4.69) is 29.4 Å². The van der Waals surface area contributed by atoms with Crippen molar-refractivity contribution in [1.82, 2.24) is 15.5 Å². The molecule has 1 aromatic heterocycles. The molecule has 1 aromatic rings. The van der Waals surface area contributed by atoms with Crippen molar-refractivity contribution in [2.24, 2.45) is 0 Å². The molecule has 0 aliphatic heterocycles. The van der Waals surface area contributed by atoms with E-state index in [0.29, 0.717) is 31.1 Å². The first-order chi connectivity index (χ1) is 8.04. The van der Waals surface area contributed by atoms with E-state index >= 15 is 0 Å². The van der Waals surface area contributed by atoms with E-state index < -0.39 is 0 Å². The Morgan fingerprint density at radius 1 is 1.35 bits per heavy atom. The van der Waals surface area contributed by atoms with Crippen molar-refractivity contribution in [2.45, 2.75) is 39.4 Å². The lowest BCUT2D eigenvalue weighted by Crippen LogP contribution is -2.32. The van der Waals surface area contributed by atoms with Gasteiger partial charge in [-0.15, -0.1) is 5.10 Å². The molecule has 0 saturated heterocycles. The Bertz CT molecular complexity index is 327. The molecule has 0 aliphatic carbocycles. The van der Waals surface area contributed by atoms with Crippen molar-refractivity contribution >= 4 is 6.01 Å². The van der Waals surface area contributed by atoms with Crippen molar-refractivity contribution in [2.75, 3.05) is 25.7 Å². The molecular formula is C11H22N4O2. The summed E-state index contributed by atoms with van der Waals surface area (Å²) in [6, 6.07) is 1.12. The molecule has 1 heterocycles. The third kappa shape index (κ3) is 4.32. The van der Waals surface area contributed by atoms with Crippen LogP contribution in [-0.2, 0) is 11.3 Å². The van der Waals surface area contributed by atoms with Gasteiger partial charge >= 0.3 is 6.01 Å². The van der Waals surface area contributed by atoms with Gasteiger partial charge in [0.2, 0.25) is 5.89 Å². The first-order valence-electron chi connectivity index (χ1n) is 5.82. The molecule has 6 heteroatoms. The summed E-state index contributed by atoms with van der Waals surface area (Å²) in [5.74, 6) is 0.602. The average Bonchev–Trinajstić information content (AvgIpc) is 2.74. The Balaban J connectivity index is 2.54. The fraction of sp³-hybridized carbons (Fsp3) is 0.818. The Labute approximate surface area is 102 Å². The maximum atomic E-state index is 5.55. The van der Waals surface area contributed by atoms with E-state index in [-0.39, 0.29) is 6.04 Å². The molecule has 6 nitrogen and oxygen atoms in total. The molecule has 0 spiro atoms. The van der Waals surface area contributed by atoms with E-state index in [4.69, 9.17) is 9.15 Å². The molecule has 0 bridgehead atoms. The van der Waals surface area contributed by atoms with Crippen molar-refractivity contribution in [3.63, 3.8) is 0 Å². The molecule has 1 rings (SSSR count). The second-order valence-electron chi connectivity index (χ2n) is 4.43. The van der Waals surface area contributed by atoms with Gasteiger partial charge in [0, 0.05) is 20.2 Å². The first-order valence-corrected chi connectivity index (χ1v) is 5.82. The second kappa shape index (κ2) is 6.56. The van der Waals surface area contributed by atoms with Crippen LogP contribution in [0, 0.1) is 0 Å². The van der Waals surface area contributed by atoms with Crippen molar-refractivity contribution < 1.29 is 9.15 Å². The minimum absolute atomic E-state index is 0.200. The SMILES string of the molecule is COCC(C)N(C)c1nnc(CNC(C)C)o1. The van der Waals surface area contributed by atoms with Gasteiger partial charge in [0.25, 0.3) is 0 Å². The van der Waals surface area contributed by atoms with Crippen molar-refractivity contribution in [3.05, 3.63) is 5.89 Å². The molecule has 0 saturated carbocycles. The predicted molar refractivity (Wildman–Crippen MR) is 66.0 cm³/mol. The highest BCUT2D eigenvalue weighted by Gasteiger charge is 2.16. The monoisotopic (exact) mass is 242 g/mol. The van der Waals surface area contributed by atoms with Gasteiger partial charge in [-0.25, -0.2) is 0 Å². The van der Waals surface area contributed by atoms with Crippen LogP contribution in [0.15, 0.2) is 4.42 Å². The van der Waals surface area contributed by atoms with E-state index in [1.165, 1.54) is 0 Å². The maximum absolute atomic E-state index is 5.55. The third-order valence-corrected chi connectivity index (χ3v) is 2.49. The Kier molecular flexibility index (Phi) is 5.37. The number of anilines is 1. The van der Waals surface area contributed by atoms with Crippen molar-refractivity contribution in [3.8, 4) is 0 Å². The molecule has 98 valence electrons. The van der Waals surface area contributed by atoms with Crippen LogP contribution in [0.3, 0.4) is 0 Å². The fourth-order valence-corrected chi connectivity index (χ4v) is 1.29. The summed E-state index contributed by atoms with van der Waals surface area (Å²) in [4.78, 5) is 1.91. The minimum Gasteiger partial charge on any atom is -0.407 e. The largest absolute Gasteiger partial charge is 0.407 e. The molecule has 17 heavy (non-hydrogen) atoms. The van der Waals surface area contributed by atoms with Crippen molar-refractivity contribution in [1.29, 1.82) is 0 Å². The highest BCUT2D eigenvalue weighted by molar-refractivity contribution is 5.23. The number of nitrogens with zero attached hydrogens (tertiary/aromatic N) is 3. The highest BCUT2D eigenvalue weighted by Crippen LogP contribution is 2.13. The first kappa shape index (κ1) is 13.9. The van der Waals surface area contributed by atoms with Gasteiger partial charge in [-0.2, -0.15) is 0 Å². The smallest absolute Gasteiger partial charge is 0.318 e. The maximum Gasteiger partial charge on any atom is 0.318 e. The summed E-state index contributed by atoms with van der Waals surface area (Å²) < 4.78 is 10.6. The zero-order chi connectivity index (χ0) is 12.8. The third-order valence-electron chi connectivity index (χ3n) is 2.49. The van der Waals surface area contributed by atoms with Gasteiger partial charge in [-0.05, 0) is 6.92 Å². The van der Waals surface area contributed by atoms with E-state index in [1.807, 2.05) is 18.9 Å². The summed E-state index contributed by atoms with van der Waals surface area (Å²) in [5, 5.41) is 11.2. The summed E-state index contributed by atoms with van der Waals surface area (Å²) in [6.07, 6.45) is 0. The number of hydrogen-bond acceptors (Lipinski definition) is 6. The number of ether oxygens (including phenoxy) is 1. The zero-order valence-corrected chi connectivity index (χ0v) is 11.2. The van der Waals surface area contributed by atoms with Crippen LogP contribution in [0.25, 0.3) is 0 Å². The van der Waals surface area contributed by atoms with Crippen LogP contribution in [0.2, 0.25) is 0 Å². The van der Waals surface area contributed by atoms with Crippen LogP contribution in [0.5, 0.6) is 0 Å². The Hall–Kier alpha value is -1.14. The standard InChI is InChI=1S/C11H22N4O2/c1-8(2)12-6-10-13-14-11(17-10)15(4)9(3)7-16-5/h8-9,12H,6-7H2,1-5H3. The molecule has 1 N–H and O–H groups in total. The molecule has 1 atom stereocenters. The molecule has 0 aliphatic rings. The highest BCUT2D eigenvalue weighted by atomic mass is 16.5. The molecule has 0 aromatic carbocycles. The van der Waals surface area contributed by atoms with Gasteiger partial charge in [-0.1, -0.05) is 18.9 Å². The number of likely N-dealkylation sites (N-methyl/N-ethyl adjacent to an activating group) is 1. The van der Waals surface area contributed by atoms with E-state index in [0.717, 1.165) is 0 Å². The molecule has 1 unspecified atom stereocenters. The fourth-order valence-electron chi connectivity index (χ4n) is 1.29. The lowest BCUT2D eigenvalue weighted by molar-refractivity contribution is 0.181. The van der Waals surface area contributed by atoms with Crippen LogP contribution in [0.1, 0.15) is 26.7 Å². The summed E-state index contributed by atoms with van der Waals surface area (Å²) in [5.41, 5.74) is 0. The normalized spacial score (nSPS) is 13.1. The minimum atomic E-state index is 0.200. The second-order valence-corrected chi connectivity index (χ2v) is 4.43. The number of methoxy groups -OCH3 is 1. The van der Waals surface area contributed by atoms with Crippen LogP contribution < -0.4 is 10.2 Å². The molecular weight excluding hydrogens is 220 g/mol. The Morgan fingerprint density at radius 3 is 2.65 bits per heavy atom. The number of aromatic nitrogens is 2. The van der Waals surface area contributed by atoms with Gasteiger partial charge < -0.3 is 19.4 Å². The van der Waals surface area contributed by atoms with Gasteiger partial charge in [0.15, 0.2) is 0 Å². The molecule has 0 fully saturated rings. The Morgan fingerprint density at radius 2 is 2.06 bits per heavy atom. The predicted octanol–water partition coefficient (Wildman–Crippen LogP) is 1.04. The van der Waals surface area contributed by atoms with Crippen LogP contribution in [0.4, 0.5) is 6.01 Å². The summed E-state index contributed by atoms with van der Waals surface area (Å²) in [6.45, 7) is 7.41. The van der Waals surface area contributed by atoms with E-state index in [9.17, 15) is 0 Å². The number of rotatable bonds is 7. The van der Waals surface area contributed by atoms with Gasteiger partial charge in [0.05, 0.1) is 19.2 Å². The molecule has 0 radical (unpaired) electrons. The summed E-state index contributed by atoms with van der Waals surface area (Å²) >= 11 is 0. The summed E-state index contributed by atoms with van der Waals surface area (Å²) in [7, 11) is 3.59. The quantitative estimate of drug-likeness (QED) is 0.770.